The third kappa shape index (κ3) is 4.12. The van der Waals surface area contributed by atoms with Crippen molar-refractivity contribution in [3.8, 4) is 11.5 Å². The van der Waals surface area contributed by atoms with Gasteiger partial charge in [0.05, 0.1) is 31.7 Å². The summed E-state index contributed by atoms with van der Waals surface area (Å²) in [6.07, 6.45) is 0.0700. The number of hydrogen-bond donors (Lipinski definition) is 1. The van der Waals surface area contributed by atoms with E-state index < -0.39 is 18.0 Å². The molecular weight excluding hydrogens is 468 g/mol. The van der Waals surface area contributed by atoms with E-state index in [-0.39, 0.29) is 12.5 Å². The molecule has 2 aliphatic rings. The second kappa shape index (κ2) is 9.42. The molecule has 3 heterocycles. The van der Waals surface area contributed by atoms with Crippen LogP contribution < -0.4 is 10.1 Å². The van der Waals surface area contributed by atoms with Crippen LogP contribution in [0.5, 0.6) is 11.5 Å². The van der Waals surface area contributed by atoms with Crippen LogP contribution in [0.3, 0.4) is 0 Å². The number of nitrogens with one attached hydrogen (secondary N) is 1. The summed E-state index contributed by atoms with van der Waals surface area (Å²) in [6, 6.07) is 14.9. The number of carbonyl (C=O) groups is 3. The highest BCUT2D eigenvalue weighted by molar-refractivity contribution is 7.17. The molecule has 1 aromatic heterocycles. The molecule has 0 saturated heterocycles. The lowest BCUT2D eigenvalue weighted by Crippen LogP contribution is -2.36. The number of thiophene rings is 1. The first kappa shape index (κ1) is 22.9. The molecule has 2 aliphatic heterocycles. The van der Waals surface area contributed by atoms with Crippen LogP contribution in [0.25, 0.3) is 0 Å². The van der Waals surface area contributed by atoms with Crippen molar-refractivity contribution < 1.29 is 28.6 Å². The summed E-state index contributed by atoms with van der Waals surface area (Å²) in [5.74, 6) is -0.170. The lowest BCUT2D eigenvalue weighted by molar-refractivity contribution is -0.116. The highest BCUT2D eigenvalue weighted by atomic mass is 32.1. The summed E-state index contributed by atoms with van der Waals surface area (Å²) < 4.78 is 16.2. The zero-order valence-electron chi connectivity index (χ0n) is 19.3. The Kier molecular flexibility index (Phi) is 6.17. The SMILES string of the molecule is CCOC(=O)N1CCc2c(sc(NC(=O)C3c4ccccc4Oc4ccccc43)c2C(=O)OC)C1. The molecule has 0 aliphatic carbocycles. The van der Waals surface area contributed by atoms with Gasteiger partial charge in [0, 0.05) is 22.5 Å². The first-order valence-electron chi connectivity index (χ1n) is 11.3. The molecule has 0 atom stereocenters. The fraction of sp³-hybridized carbons (Fsp3) is 0.269. The Labute approximate surface area is 206 Å². The summed E-state index contributed by atoms with van der Waals surface area (Å²) in [5, 5.41) is 3.41. The summed E-state index contributed by atoms with van der Waals surface area (Å²) in [5.41, 5.74) is 2.64. The van der Waals surface area contributed by atoms with Crippen LogP contribution in [0.1, 0.15) is 44.8 Å². The Balaban J connectivity index is 1.50. The first-order valence-corrected chi connectivity index (χ1v) is 12.1. The van der Waals surface area contributed by atoms with E-state index in [9.17, 15) is 14.4 Å². The van der Waals surface area contributed by atoms with Crippen LogP contribution >= 0.6 is 11.3 Å². The Morgan fingerprint density at radius 1 is 1.09 bits per heavy atom. The monoisotopic (exact) mass is 492 g/mol. The molecule has 0 radical (unpaired) electrons. The molecule has 1 N–H and O–H groups in total. The summed E-state index contributed by atoms with van der Waals surface area (Å²) >= 11 is 1.29. The minimum absolute atomic E-state index is 0.279. The highest BCUT2D eigenvalue weighted by Crippen LogP contribution is 2.45. The summed E-state index contributed by atoms with van der Waals surface area (Å²) in [7, 11) is 1.32. The lowest BCUT2D eigenvalue weighted by atomic mass is 9.87. The first-order chi connectivity index (χ1) is 17.0. The molecule has 2 amide bonds. The van der Waals surface area contributed by atoms with Crippen molar-refractivity contribution in [3.63, 3.8) is 0 Å². The molecule has 0 unspecified atom stereocenters. The van der Waals surface area contributed by atoms with E-state index in [0.717, 1.165) is 21.6 Å². The topological polar surface area (TPSA) is 94.2 Å². The lowest BCUT2D eigenvalue weighted by Gasteiger charge is -2.27. The number of anilines is 1. The van der Waals surface area contributed by atoms with E-state index >= 15 is 0 Å². The van der Waals surface area contributed by atoms with Crippen LogP contribution in [0, 0.1) is 0 Å². The van der Waals surface area contributed by atoms with E-state index in [1.165, 1.54) is 18.4 Å². The predicted molar refractivity (Wildman–Crippen MR) is 130 cm³/mol. The summed E-state index contributed by atoms with van der Waals surface area (Å²) in [6.45, 7) is 2.77. The quantitative estimate of drug-likeness (QED) is 0.520. The number of fused-ring (bicyclic) bond motifs is 3. The zero-order chi connectivity index (χ0) is 24.5. The van der Waals surface area contributed by atoms with Crippen molar-refractivity contribution in [3.05, 3.63) is 75.7 Å². The van der Waals surface area contributed by atoms with E-state index in [2.05, 4.69) is 5.32 Å². The standard InChI is InChI=1S/C26H24N2O6S/c1-3-33-26(31)28-13-12-17-20(14-28)35-24(22(17)25(30)32-2)27-23(29)21-15-8-4-6-10-18(15)34-19-11-7-5-9-16(19)21/h4-11,21H,3,12-14H2,1-2H3,(H,27,29). The Bertz CT molecular complexity index is 1270. The van der Waals surface area contributed by atoms with Gasteiger partial charge in [-0.3, -0.25) is 4.79 Å². The van der Waals surface area contributed by atoms with Gasteiger partial charge in [0.25, 0.3) is 0 Å². The predicted octanol–water partition coefficient (Wildman–Crippen LogP) is 4.93. The van der Waals surface area contributed by atoms with Gasteiger partial charge in [-0.25, -0.2) is 9.59 Å². The van der Waals surface area contributed by atoms with Crippen LogP contribution in [0.4, 0.5) is 9.80 Å². The minimum atomic E-state index is -0.614. The van der Waals surface area contributed by atoms with Gasteiger partial charge in [0.15, 0.2) is 0 Å². The third-order valence-corrected chi connectivity index (χ3v) is 7.28. The van der Waals surface area contributed by atoms with Gasteiger partial charge in [0.2, 0.25) is 5.91 Å². The smallest absolute Gasteiger partial charge is 0.410 e. The van der Waals surface area contributed by atoms with Crippen molar-refractivity contribution in [2.75, 3.05) is 25.6 Å². The highest BCUT2D eigenvalue weighted by Gasteiger charge is 2.35. The normalized spacial score (nSPS) is 14.2. The largest absolute Gasteiger partial charge is 0.465 e. The minimum Gasteiger partial charge on any atom is -0.465 e. The molecular formula is C26H24N2O6S. The van der Waals surface area contributed by atoms with Crippen LogP contribution in [-0.2, 0) is 27.2 Å². The maximum atomic E-state index is 13.7. The number of rotatable bonds is 4. The number of para-hydroxylation sites is 2. The van der Waals surface area contributed by atoms with Gasteiger partial charge in [0.1, 0.15) is 16.5 Å². The zero-order valence-corrected chi connectivity index (χ0v) is 20.1. The molecule has 2 aromatic carbocycles. The van der Waals surface area contributed by atoms with Crippen molar-refractivity contribution >= 4 is 34.3 Å². The molecule has 0 bridgehead atoms. The van der Waals surface area contributed by atoms with Gasteiger partial charge in [-0.15, -0.1) is 11.3 Å². The molecule has 0 spiro atoms. The fourth-order valence-electron chi connectivity index (χ4n) is 4.56. The Morgan fingerprint density at radius 2 is 1.74 bits per heavy atom. The van der Waals surface area contributed by atoms with E-state index in [0.29, 0.717) is 41.6 Å². The van der Waals surface area contributed by atoms with Crippen LogP contribution in [0.2, 0.25) is 0 Å². The van der Waals surface area contributed by atoms with Crippen LogP contribution in [0.15, 0.2) is 48.5 Å². The van der Waals surface area contributed by atoms with Crippen molar-refractivity contribution in [1.29, 1.82) is 0 Å². The Hall–Kier alpha value is -3.85. The number of hydrogen-bond acceptors (Lipinski definition) is 7. The second-order valence-electron chi connectivity index (χ2n) is 8.17. The maximum Gasteiger partial charge on any atom is 0.410 e. The number of amides is 2. The molecule has 3 aromatic rings. The van der Waals surface area contributed by atoms with Gasteiger partial charge in [-0.1, -0.05) is 36.4 Å². The second-order valence-corrected chi connectivity index (χ2v) is 9.28. The number of methoxy groups -OCH3 is 1. The number of benzene rings is 2. The Morgan fingerprint density at radius 3 is 2.37 bits per heavy atom. The van der Waals surface area contributed by atoms with Gasteiger partial charge in [-0.05, 0) is 31.0 Å². The van der Waals surface area contributed by atoms with E-state index in [1.807, 2.05) is 48.5 Å². The van der Waals surface area contributed by atoms with Crippen molar-refractivity contribution in [1.82, 2.24) is 4.90 Å². The number of carbonyl (C=O) groups excluding carboxylic acids is 3. The number of nitrogens with zero attached hydrogens (tertiary/aromatic N) is 1. The molecule has 9 heteroatoms. The molecule has 0 fully saturated rings. The average Bonchev–Trinajstić information content (AvgIpc) is 3.23. The maximum absolute atomic E-state index is 13.7. The number of ether oxygens (including phenoxy) is 3. The van der Waals surface area contributed by atoms with Gasteiger partial charge < -0.3 is 24.4 Å². The molecule has 180 valence electrons. The van der Waals surface area contributed by atoms with Crippen LogP contribution in [-0.4, -0.2) is 43.1 Å². The summed E-state index contributed by atoms with van der Waals surface area (Å²) in [4.78, 5) is 41.1. The van der Waals surface area contributed by atoms with Crippen molar-refractivity contribution in [2.45, 2.75) is 25.8 Å². The van der Waals surface area contributed by atoms with Gasteiger partial charge in [-0.2, -0.15) is 0 Å². The molecule has 5 rings (SSSR count). The van der Waals surface area contributed by atoms with Crippen molar-refractivity contribution in [2.24, 2.45) is 0 Å². The molecule has 8 nitrogen and oxygen atoms in total. The van der Waals surface area contributed by atoms with E-state index in [1.54, 1.807) is 11.8 Å². The molecule has 0 saturated carbocycles. The third-order valence-electron chi connectivity index (χ3n) is 6.15. The fourth-order valence-corrected chi connectivity index (χ4v) is 5.81. The number of esters is 1. The average molecular weight is 493 g/mol. The van der Waals surface area contributed by atoms with Gasteiger partial charge >= 0.3 is 12.1 Å². The van der Waals surface area contributed by atoms with E-state index in [4.69, 9.17) is 14.2 Å². The molecule has 35 heavy (non-hydrogen) atoms.